The van der Waals surface area contributed by atoms with Crippen molar-refractivity contribution in [1.82, 2.24) is 9.97 Å². The molecular weight excluding hydrogens is 241 g/mol. The van der Waals surface area contributed by atoms with Crippen LogP contribution in [0.5, 0.6) is 0 Å². The van der Waals surface area contributed by atoms with Crippen molar-refractivity contribution in [2.75, 3.05) is 18.9 Å². The lowest BCUT2D eigenvalue weighted by Crippen LogP contribution is -2.02. The monoisotopic (exact) mass is 261 g/mol. The zero-order valence-electron chi connectivity index (χ0n) is 9.42. The molecule has 0 amide bonds. The van der Waals surface area contributed by atoms with Gasteiger partial charge >= 0.3 is 7.60 Å². The highest BCUT2D eigenvalue weighted by Gasteiger charge is 2.24. The Balaban J connectivity index is 0.00000256. The number of nitrogens with two attached hydrogens (primary N) is 1. The summed E-state index contributed by atoms with van der Waals surface area (Å²) in [6.45, 7) is 4.19. The van der Waals surface area contributed by atoms with Crippen LogP contribution in [0, 0.1) is 0 Å². The van der Waals surface area contributed by atoms with Gasteiger partial charge in [0.05, 0.1) is 37.5 Å². The maximum Gasteiger partial charge on any atom is 0.336 e. The molecule has 0 aliphatic heterocycles. The fraction of sp³-hybridized carbons (Fsp3) is 0.600. The third-order valence-corrected chi connectivity index (χ3v) is 3.75. The Kier molecular flexibility index (Phi) is 6.95. The van der Waals surface area contributed by atoms with Gasteiger partial charge in [0.2, 0.25) is 0 Å². The lowest BCUT2D eigenvalue weighted by atomic mass is 10.5. The van der Waals surface area contributed by atoms with Crippen molar-refractivity contribution >= 4 is 13.4 Å². The molecule has 0 fully saturated rings. The van der Waals surface area contributed by atoms with E-state index in [0.29, 0.717) is 24.7 Å². The van der Waals surface area contributed by atoms with Crippen molar-refractivity contribution < 1.29 is 13.6 Å². The summed E-state index contributed by atoms with van der Waals surface area (Å²) in [5.74, 6) is 0.325. The zero-order chi connectivity index (χ0) is 12.0. The summed E-state index contributed by atoms with van der Waals surface area (Å²) in [5, 5.41) is 0. The molecule has 0 atom stereocenters. The fourth-order valence-corrected chi connectivity index (χ4v) is 2.77. The van der Waals surface area contributed by atoms with Crippen LogP contribution in [0.1, 0.15) is 27.0 Å². The second kappa shape index (κ2) is 7.37. The molecule has 0 aliphatic carbocycles. The zero-order valence-corrected chi connectivity index (χ0v) is 10.3. The van der Waals surface area contributed by atoms with Gasteiger partial charge in [-0.15, -0.1) is 0 Å². The van der Waals surface area contributed by atoms with Gasteiger partial charge in [0.25, 0.3) is 0 Å². The van der Waals surface area contributed by atoms with E-state index in [9.17, 15) is 4.57 Å². The third-order valence-electron chi connectivity index (χ3n) is 1.73. The molecular formula is C10H20N3O3P. The van der Waals surface area contributed by atoms with Crippen LogP contribution in [0.25, 0.3) is 0 Å². The summed E-state index contributed by atoms with van der Waals surface area (Å²) in [6, 6.07) is 0. The van der Waals surface area contributed by atoms with Crippen LogP contribution in [0.2, 0.25) is 0 Å². The number of aromatic nitrogens is 2. The van der Waals surface area contributed by atoms with E-state index in [0.717, 1.165) is 0 Å². The summed E-state index contributed by atoms with van der Waals surface area (Å²) in [4.78, 5) is 7.87. The minimum Gasteiger partial charge on any atom is -0.382 e. The standard InChI is InChI=1S/C9H16N3O3P.CH4/c1-3-14-16(13,15-4-2)7-8-5-12-9(10)6-11-8;/h5-6H,3-4,7H2,1-2H3,(H2,10,12);1H4. The number of nitrogens with zero attached hydrogens (tertiary/aromatic N) is 2. The highest BCUT2D eigenvalue weighted by molar-refractivity contribution is 7.53. The van der Waals surface area contributed by atoms with E-state index < -0.39 is 7.60 Å². The predicted molar refractivity (Wildman–Crippen MR) is 67.7 cm³/mol. The van der Waals surface area contributed by atoms with Gasteiger partial charge in [0.15, 0.2) is 0 Å². The fourth-order valence-electron chi connectivity index (χ4n) is 1.17. The molecule has 0 spiro atoms. The Hall–Kier alpha value is -0.970. The van der Waals surface area contributed by atoms with Crippen LogP contribution < -0.4 is 5.73 Å². The highest BCUT2D eigenvalue weighted by atomic mass is 31.2. The molecule has 1 aromatic heterocycles. The van der Waals surface area contributed by atoms with Crippen LogP contribution in [-0.2, 0) is 19.8 Å². The van der Waals surface area contributed by atoms with Crippen LogP contribution in [0.15, 0.2) is 12.4 Å². The molecule has 0 aliphatic rings. The van der Waals surface area contributed by atoms with Crippen molar-refractivity contribution in [3.05, 3.63) is 18.1 Å². The minimum atomic E-state index is -3.10. The molecule has 1 heterocycles. The van der Waals surface area contributed by atoms with E-state index in [-0.39, 0.29) is 13.6 Å². The van der Waals surface area contributed by atoms with E-state index in [1.165, 1.54) is 12.4 Å². The Labute approximate surface area is 102 Å². The predicted octanol–water partition coefficient (Wildman–Crippen LogP) is 2.46. The molecule has 1 rings (SSSR count). The normalized spacial score (nSPS) is 10.9. The van der Waals surface area contributed by atoms with Gasteiger partial charge in [-0.3, -0.25) is 9.55 Å². The smallest absolute Gasteiger partial charge is 0.336 e. The first-order valence-corrected chi connectivity index (χ1v) is 6.77. The molecule has 2 N–H and O–H groups in total. The largest absolute Gasteiger partial charge is 0.382 e. The molecule has 1 aromatic rings. The highest BCUT2D eigenvalue weighted by Crippen LogP contribution is 2.50. The minimum absolute atomic E-state index is 0. The molecule has 0 unspecified atom stereocenters. The van der Waals surface area contributed by atoms with E-state index in [4.69, 9.17) is 14.8 Å². The summed E-state index contributed by atoms with van der Waals surface area (Å²) >= 11 is 0. The van der Waals surface area contributed by atoms with Crippen LogP contribution in [0.3, 0.4) is 0 Å². The number of anilines is 1. The van der Waals surface area contributed by atoms with Gasteiger partial charge in [-0.05, 0) is 13.8 Å². The van der Waals surface area contributed by atoms with Gasteiger partial charge in [0.1, 0.15) is 5.82 Å². The van der Waals surface area contributed by atoms with Crippen LogP contribution in [-0.4, -0.2) is 23.2 Å². The Bertz CT molecular complexity index is 360. The first-order valence-electron chi connectivity index (χ1n) is 5.04. The van der Waals surface area contributed by atoms with Crippen molar-refractivity contribution in [3.63, 3.8) is 0 Å². The molecule has 6 nitrogen and oxygen atoms in total. The van der Waals surface area contributed by atoms with Gasteiger partial charge in [-0.1, -0.05) is 7.43 Å². The quantitative estimate of drug-likeness (QED) is 0.791. The average Bonchev–Trinajstić information content (AvgIpc) is 2.22. The number of rotatable bonds is 6. The maximum absolute atomic E-state index is 12.1. The SMILES string of the molecule is C.CCOP(=O)(Cc1cnc(N)cn1)OCC. The first-order chi connectivity index (χ1) is 7.59. The number of hydrogen-bond acceptors (Lipinski definition) is 6. The van der Waals surface area contributed by atoms with E-state index in [2.05, 4.69) is 9.97 Å². The van der Waals surface area contributed by atoms with Gasteiger partial charge in [-0.25, -0.2) is 4.98 Å². The summed E-state index contributed by atoms with van der Waals surface area (Å²) in [5.41, 5.74) is 5.94. The topological polar surface area (TPSA) is 87.3 Å². The summed E-state index contributed by atoms with van der Waals surface area (Å²) in [7, 11) is -3.10. The average molecular weight is 261 g/mol. The lowest BCUT2D eigenvalue weighted by molar-refractivity contribution is 0.219. The lowest BCUT2D eigenvalue weighted by Gasteiger charge is -2.16. The van der Waals surface area contributed by atoms with Crippen molar-refractivity contribution in [2.45, 2.75) is 27.4 Å². The van der Waals surface area contributed by atoms with E-state index in [1.807, 2.05) is 0 Å². The molecule has 0 saturated heterocycles. The van der Waals surface area contributed by atoms with E-state index in [1.54, 1.807) is 13.8 Å². The molecule has 0 saturated carbocycles. The van der Waals surface area contributed by atoms with Crippen molar-refractivity contribution in [3.8, 4) is 0 Å². The Morgan fingerprint density at radius 2 is 1.82 bits per heavy atom. The molecule has 7 heteroatoms. The van der Waals surface area contributed by atoms with Gasteiger partial charge in [-0.2, -0.15) is 0 Å². The third kappa shape index (κ3) is 5.26. The second-order valence-electron chi connectivity index (χ2n) is 3.04. The van der Waals surface area contributed by atoms with Crippen LogP contribution >= 0.6 is 7.60 Å². The number of hydrogen-bond donors (Lipinski definition) is 1. The van der Waals surface area contributed by atoms with Crippen LogP contribution in [0.4, 0.5) is 5.82 Å². The van der Waals surface area contributed by atoms with Gasteiger partial charge in [0, 0.05) is 0 Å². The molecule has 17 heavy (non-hydrogen) atoms. The Morgan fingerprint density at radius 1 is 1.24 bits per heavy atom. The number of nitrogen functional groups attached to an aromatic ring is 1. The maximum atomic E-state index is 12.1. The van der Waals surface area contributed by atoms with E-state index >= 15 is 0 Å². The van der Waals surface area contributed by atoms with Crippen molar-refractivity contribution in [2.24, 2.45) is 0 Å². The second-order valence-corrected chi connectivity index (χ2v) is 5.09. The summed E-state index contributed by atoms with van der Waals surface area (Å²) < 4.78 is 22.4. The summed E-state index contributed by atoms with van der Waals surface area (Å²) in [6.07, 6.45) is 3.00. The molecule has 0 aromatic carbocycles. The van der Waals surface area contributed by atoms with Crippen molar-refractivity contribution in [1.29, 1.82) is 0 Å². The molecule has 98 valence electrons. The Morgan fingerprint density at radius 3 is 2.24 bits per heavy atom. The first kappa shape index (κ1) is 16.0. The van der Waals surface area contributed by atoms with Gasteiger partial charge < -0.3 is 14.8 Å². The molecule has 0 radical (unpaired) electrons. The molecule has 0 bridgehead atoms.